The maximum Gasteiger partial charge on any atom is 0.401 e. The molecule has 0 saturated carbocycles. The van der Waals surface area contributed by atoms with Gasteiger partial charge in [-0.1, -0.05) is 0 Å². The van der Waals surface area contributed by atoms with Gasteiger partial charge in [0.15, 0.2) is 5.75 Å². The standard InChI is InChI=1S/C10H7F8NO/c11-4-5(12)7(14)9(8(15)6(4)13)20-2-1-19-3-10(16,17)18/h19H,1-3H2. The SMILES string of the molecule is Fc1c(F)c(F)c(OCCNCC(F)(F)F)c(F)c1F. The fraction of sp³-hybridized carbons (Fsp3) is 0.400. The van der Waals surface area contributed by atoms with Gasteiger partial charge >= 0.3 is 6.18 Å². The Morgan fingerprint density at radius 3 is 1.70 bits per heavy atom. The largest absolute Gasteiger partial charge is 0.486 e. The van der Waals surface area contributed by atoms with Crippen LogP contribution >= 0.6 is 0 Å². The summed E-state index contributed by atoms with van der Waals surface area (Å²) in [6, 6.07) is 0. The molecule has 1 rings (SSSR count). The van der Waals surface area contributed by atoms with Crippen molar-refractivity contribution < 1.29 is 39.9 Å². The highest BCUT2D eigenvalue weighted by Crippen LogP contribution is 2.28. The average molecular weight is 309 g/mol. The van der Waals surface area contributed by atoms with Crippen LogP contribution in [0.5, 0.6) is 5.75 Å². The van der Waals surface area contributed by atoms with E-state index in [2.05, 4.69) is 4.74 Å². The van der Waals surface area contributed by atoms with Gasteiger partial charge in [-0.15, -0.1) is 0 Å². The molecule has 2 nitrogen and oxygen atoms in total. The van der Waals surface area contributed by atoms with Crippen molar-refractivity contribution >= 4 is 0 Å². The number of alkyl halides is 3. The number of halogens is 8. The number of nitrogens with one attached hydrogen (secondary N) is 1. The van der Waals surface area contributed by atoms with Crippen molar-refractivity contribution in [2.45, 2.75) is 6.18 Å². The zero-order valence-electron chi connectivity index (χ0n) is 9.55. The first kappa shape index (κ1) is 16.5. The van der Waals surface area contributed by atoms with E-state index in [-0.39, 0.29) is 0 Å². The van der Waals surface area contributed by atoms with Gasteiger partial charge in [-0.2, -0.15) is 22.0 Å². The Morgan fingerprint density at radius 2 is 1.25 bits per heavy atom. The van der Waals surface area contributed by atoms with Gasteiger partial charge in [-0.25, -0.2) is 13.2 Å². The highest BCUT2D eigenvalue weighted by Gasteiger charge is 2.28. The summed E-state index contributed by atoms with van der Waals surface area (Å²) in [5.74, 6) is -12.6. The first-order valence-corrected chi connectivity index (χ1v) is 5.07. The molecule has 0 fully saturated rings. The van der Waals surface area contributed by atoms with Gasteiger partial charge in [-0.3, -0.25) is 0 Å². The second-order valence-electron chi connectivity index (χ2n) is 3.54. The molecule has 10 heteroatoms. The van der Waals surface area contributed by atoms with Crippen LogP contribution in [-0.4, -0.2) is 25.9 Å². The van der Waals surface area contributed by atoms with Crippen molar-refractivity contribution in [2.24, 2.45) is 0 Å². The van der Waals surface area contributed by atoms with Gasteiger partial charge in [0.05, 0.1) is 6.54 Å². The Hall–Kier alpha value is -1.58. The first-order valence-electron chi connectivity index (χ1n) is 5.07. The Bertz CT molecular complexity index is 458. The third-order valence-electron chi connectivity index (χ3n) is 2.02. The van der Waals surface area contributed by atoms with E-state index < -0.39 is 60.7 Å². The summed E-state index contributed by atoms with van der Waals surface area (Å²) in [5, 5.41) is 1.82. The van der Waals surface area contributed by atoms with E-state index in [1.807, 2.05) is 5.32 Å². The van der Waals surface area contributed by atoms with E-state index in [9.17, 15) is 35.1 Å². The van der Waals surface area contributed by atoms with Crippen molar-refractivity contribution in [3.8, 4) is 5.75 Å². The molecular weight excluding hydrogens is 302 g/mol. The Labute approximate surface area is 107 Å². The summed E-state index contributed by atoms with van der Waals surface area (Å²) in [5.41, 5.74) is 0. The lowest BCUT2D eigenvalue weighted by Crippen LogP contribution is -2.31. The first-order chi connectivity index (χ1) is 9.15. The summed E-state index contributed by atoms with van der Waals surface area (Å²) in [6.07, 6.45) is -4.50. The molecule has 1 aromatic carbocycles. The summed E-state index contributed by atoms with van der Waals surface area (Å²) in [6.45, 7) is -2.60. The van der Waals surface area contributed by atoms with Gasteiger partial charge in [0.25, 0.3) is 0 Å². The van der Waals surface area contributed by atoms with Crippen molar-refractivity contribution in [1.82, 2.24) is 5.32 Å². The second-order valence-corrected chi connectivity index (χ2v) is 3.54. The molecular formula is C10H7F8NO. The molecule has 0 unspecified atom stereocenters. The highest BCUT2D eigenvalue weighted by atomic mass is 19.4. The molecule has 0 aromatic heterocycles. The van der Waals surface area contributed by atoms with Crippen LogP contribution in [0.2, 0.25) is 0 Å². The number of rotatable bonds is 5. The van der Waals surface area contributed by atoms with Gasteiger partial charge in [0, 0.05) is 6.54 Å². The van der Waals surface area contributed by atoms with Crippen molar-refractivity contribution in [3.63, 3.8) is 0 Å². The molecule has 0 aliphatic rings. The molecule has 0 heterocycles. The minimum atomic E-state index is -4.50. The van der Waals surface area contributed by atoms with Gasteiger partial charge in [-0.05, 0) is 0 Å². The number of ether oxygens (including phenoxy) is 1. The lowest BCUT2D eigenvalue weighted by Gasteiger charge is -2.11. The van der Waals surface area contributed by atoms with E-state index in [0.29, 0.717) is 0 Å². The third kappa shape index (κ3) is 3.95. The predicted octanol–water partition coefficient (Wildman–Crippen LogP) is 2.91. The van der Waals surface area contributed by atoms with Crippen molar-refractivity contribution in [3.05, 3.63) is 29.1 Å². The molecule has 0 atom stereocenters. The van der Waals surface area contributed by atoms with E-state index >= 15 is 0 Å². The molecule has 0 amide bonds. The zero-order valence-corrected chi connectivity index (χ0v) is 9.55. The van der Waals surface area contributed by atoms with Crippen LogP contribution in [0.3, 0.4) is 0 Å². The minimum Gasteiger partial charge on any atom is -0.486 e. The van der Waals surface area contributed by atoms with Crippen LogP contribution in [0.4, 0.5) is 35.1 Å². The fourth-order valence-corrected chi connectivity index (χ4v) is 1.17. The van der Waals surface area contributed by atoms with Crippen LogP contribution in [0, 0.1) is 29.1 Å². The minimum absolute atomic E-state index is 0.501. The Balaban J connectivity index is 2.66. The molecule has 0 aliphatic carbocycles. The van der Waals surface area contributed by atoms with E-state index in [1.54, 1.807) is 0 Å². The van der Waals surface area contributed by atoms with Crippen LogP contribution in [-0.2, 0) is 0 Å². The predicted molar refractivity (Wildman–Crippen MR) is 50.7 cm³/mol. The normalized spacial score (nSPS) is 11.8. The van der Waals surface area contributed by atoms with Crippen molar-refractivity contribution in [1.29, 1.82) is 0 Å². The summed E-state index contributed by atoms with van der Waals surface area (Å²) >= 11 is 0. The third-order valence-corrected chi connectivity index (χ3v) is 2.02. The lowest BCUT2D eigenvalue weighted by atomic mass is 10.2. The molecule has 0 aliphatic heterocycles. The van der Waals surface area contributed by atoms with Gasteiger partial charge in [0.2, 0.25) is 29.1 Å². The topological polar surface area (TPSA) is 21.3 Å². The highest BCUT2D eigenvalue weighted by molar-refractivity contribution is 5.29. The molecule has 1 N–H and O–H groups in total. The van der Waals surface area contributed by atoms with Crippen LogP contribution in [0.1, 0.15) is 0 Å². The van der Waals surface area contributed by atoms with Gasteiger partial charge in [0.1, 0.15) is 6.61 Å². The Kier molecular flexibility index (Phi) is 5.15. The second kappa shape index (κ2) is 6.25. The molecule has 0 saturated heterocycles. The monoisotopic (exact) mass is 309 g/mol. The van der Waals surface area contributed by atoms with Crippen LogP contribution < -0.4 is 10.1 Å². The van der Waals surface area contributed by atoms with Crippen molar-refractivity contribution in [2.75, 3.05) is 19.7 Å². The molecule has 114 valence electrons. The van der Waals surface area contributed by atoms with Crippen LogP contribution in [0.15, 0.2) is 0 Å². The molecule has 20 heavy (non-hydrogen) atoms. The fourth-order valence-electron chi connectivity index (χ4n) is 1.17. The maximum atomic E-state index is 13.1. The smallest absolute Gasteiger partial charge is 0.401 e. The average Bonchev–Trinajstić information content (AvgIpc) is 2.36. The molecule has 0 radical (unpaired) electrons. The number of hydrogen-bond donors (Lipinski definition) is 1. The van der Waals surface area contributed by atoms with Gasteiger partial charge < -0.3 is 10.1 Å². The summed E-state index contributed by atoms with van der Waals surface area (Å²) in [4.78, 5) is 0. The maximum absolute atomic E-state index is 13.1. The van der Waals surface area contributed by atoms with Crippen LogP contribution in [0.25, 0.3) is 0 Å². The summed E-state index contributed by atoms with van der Waals surface area (Å²) in [7, 11) is 0. The lowest BCUT2D eigenvalue weighted by molar-refractivity contribution is -0.124. The quantitative estimate of drug-likeness (QED) is 0.391. The van der Waals surface area contributed by atoms with E-state index in [1.165, 1.54) is 0 Å². The molecule has 1 aromatic rings. The zero-order chi connectivity index (χ0) is 15.5. The molecule has 0 spiro atoms. The van der Waals surface area contributed by atoms with E-state index in [0.717, 1.165) is 0 Å². The summed E-state index contributed by atoms with van der Waals surface area (Å²) < 4.78 is 104. The molecule has 0 bridgehead atoms. The Morgan fingerprint density at radius 1 is 0.800 bits per heavy atom. The van der Waals surface area contributed by atoms with E-state index in [4.69, 9.17) is 0 Å². The number of hydrogen-bond acceptors (Lipinski definition) is 2. The number of benzene rings is 1.